The molecule has 0 unspecified atom stereocenters. The lowest BCUT2D eigenvalue weighted by Gasteiger charge is -2.51. The van der Waals surface area contributed by atoms with Gasteiger partial charge in [0.1, 0.15) is 0 Å². The number of ether oxygens (including phenoxy) is 1. The van der Waals surface area contributed by atoms with Gasteiger partial charge in [0, 0.05) is 0 Å². The average Bonchev–Trinajstić information content (AvgIpc) is 2.19. The topological polar surface area (TPSA) is 58.6 Å². The Labute approximate surface area is 82.9 Å². The van der Waals surface area contributed by atoms with Gasteiger partial charge >= 0.3 is 6.09 Å². The summed E-state index contributed by atoms with van der Waals surface area (Å²) in [5.74, 6) is 0. The minimum absolute atomic E-state index is 0.179. The first-order chi connectivity index (χ1) is 6.60. The van der Waals surface area contributed by atoms with E-state index in [0.29, 0.717) is 6.61 Å². The molecule has 4 heteroatoms. The molecule has 3 fully saturated rings. The molecule has 0 atom stereocenters. The Bertz CT molecular complexity index is 250. The zero-order chi connectivity index (χ0) is 10.2. The lowest BCUT2D eigenvalue weighted by atomic mass is 9.71. The number of carbonyl (C=O) groups is 1. The monoisotopic (exact) mass is 197 g/mol. The van der Waals surface area contributed by atoms with Crippen LogP contribution in [0, 0.1) is 0 Å². The summed E-state index contributed by atoms with van der Waals surface area (Å²) >= 11 is 0. The zero-order valence-corrected chi connectivity index (χ0v) is 8.08. The number of nitrogens with one attached hydrogen (secondary N) is 1. The van der Waals surface area contributed by atoms with Crippen molar-refractivity contribution in [1.29, 1.82) is 0 Å². The fourth-order valence-corrected chi connectivity index (χ4v) is 2.37. The molecule has 1 aliphatic carbocycles. The molecule has 4 nitrogen and oxygen atoms in total. The van der Waals surface area contributed by atoms with Crippen LogP contribution >= 0.6 is 0 Å². The van der Waals surface area contributed by atoms with Gasteiger partial charge in [0.2, 0.25) is 0 Å². The van der Waals surface area contributed by atoms with E-state index in [2.05, 4.69) is 11.9 Å². The van der Waals surface area contributed by atoms with Gasteiger partial charge in [0.25, 0.3) is 0 Å². The zero-order valence-electron chi connectivity index (χ0n) is 8.08. The molecule has 0 aromatic carbocycles. The summed E-state index contributed by atoms with van der Waals surface area (Å²) in [5, 5.41) is 11.3. The van der Waals surface area contributed by atoms with Crippen LogP contribution in [0.3, 0.4) is 0 Å². The molecule has 2 heterocycles. The van der Waals surface area contributed by atoms with Gasteiger partial charge in [-0.3, -0.25) is 0 Å². The maximum Gasteiger partial charge on any atom is 0.405 e. The first kappa shape index (κ1) is 9.52. The van der Waals surface area contributed by atoms with E-state index < -0.39 is 6.09 Å². The first-order valence-electron chi connectivity index (χ1n) is 4.89. The molecule has 3 aliphatic rings. The fourth-order valence-electron chi connectivity index (χ4n) is 2.37. The van der Waals surface area contributed by atoms with E-state index in [1.54, 1.807) is 0 Å². The summed E-state index contributed by atoms with van der Waals surface area (Å²) in [6.07, 6.45) is 4.35. The minimum atomic E-state index is -0.957. The van der Waals surface area contributed by atoms with Crippen molar-refractivity contribution in [3.8, 4) is 0 Å². The maximum atomic E-state index is 10.6. The van der Waals surface area contributed by atoms with Crippen LogP contribution in [-0.2, 0) is 4.74 Å². The summed E-state index contributed by atoms with van der Waals surface area (Å²) < 4.78 is 5.67. The number of rotatable bonds is 2. The lowest BCUT2D eigenvalue weighted by molar-refractivity contribution is -0.132. The van der Waals surface area contributed by atoms with Gasteiger partial charge in [0.05, 0.1) is 17.7 Å². The molecular weight excluding hydrogens is 182 g/mol. The van der Waals surface area contributed by atoms with Crippen LogP contribution in [0.2, 0.25) is 0 Å². The molecule has 78 valence electrons. The Hall–Kier alpha value is -1.03. The number of carboxylic acid groups (broad SMARTS) is 1. The lowest BCUT2D eigenvalue weighted by Crippen LogP contribution is -2.62. The van der Waals surface area contributed by atoms with Gasteiger partial charge < -0.3 is 15.2 Å². The molecule has 2 aliphatic heterocycles. The highest BCUT2D eigenvalue weighted by atomic mass is 16.5. The average molecular weight is 197 g/mol. The highest BCUT2D eigenvalue weighted by molar-refractivity contribution is 5.65. The molecule has 2 N–H and O–H groups in total. The van der Waals surface area contributed by atoms with Crippen molar-refractivity contribution in [1.82, 2.24) is 5.32 Å². The molecule has 1 saturated carbocycles. The van der Waals surface area contributed by atoms with E-state index in [4.69, 9.17) is 9.84 Å². The van der Waals surface area contributed by atoms with Gasteiger partial charge in [-0.2, -0.15) is 0 Å². The van der Waals surface area contributed by atoms with Crippen LogP contribution in [0.4, 0.5) is 4.79 Å². The quantitative estimate of drug-likeness (QED) is 0.660. The van der Waals surface area contributed by atoms with E-state index in [9.17, 15) is 4.79 Å². The van der Waals surface area contributed by atoms with E-state index in [-0.39, 0.29) is 11.1 Å². The Kier molecular flexibility index (Phi) is 2.03. The molecule has 2 bridgehead atoms. The van der Waals surface area contributed by atoms with E-state index in [1.807, 2.05) is 6.08 Å². The number of amides is 1. The van der Waals surface area contributed by atoms with Crippen LogP contribution in [0.5, 0.6) is 0 Å². The third-order valence-corrected chi connectivity index (χ3v) is 3.43. The van der Waals surface area contributed by atoms with E-state index in [1.165, 1.54) is 0 Å². The second-order valence-electron chi connectivity index (χ2n) is 4.27. The normalized spacial score (nSPS) is 40.6. The number of hydrogen-bond acceptors (Lipinski definition) is 2. The summed E-state index contributed by atoms with van der Waals surface area (Å²) in [4.78, 5) is 10.6. The van der Waals surface area contributed by atoms with Crippen molar-refractivity contribution in [2.75, 3.05) is 6.61 Å². The number of fused-ring (bicyclic) bond motifs is 3. The molecule has 0 aromatic rings. The van der Waals surface area contributed by atoms with Crippen LogP contribution in [0.25, 0.3) is 0 Å². The molecule has 2 saturated heterocycles. The molecular formula is C10H15NO3. The van der Waals surface area contributed by atoms with E-state index >= 15 is 0 Å². The second kappa shape index (κ2) is 2.98. The maximum absolute atomic E-state index is 10.6. The highest BCUT2D eigenvalue weighted by Crippen LogP contribution is 2.43. The molecule has 0 radical (unpaired) electrons. The predicted octanol–water partition coefficient (Wildman–Crippen LogP) is 1.52. The Morgan fingerprint density at radius 2 is 2.07 bits per heavy atom. The predicted molar refractivity (Wildman–Crippen MR) is 51.2 cm³/mol. The van der Waals surface area contributed by atoms with Gasteiger partial charge in [-0.25, -0.2) is 4.79 Å². The van der Waals surface area contributed by atoms with Gasteiger partial charge in [0.15, 0.2) is 0 Å². The SMILES string of the molecule is C=CC12CCC(NC(=O)O)(CC1)CO2. The molecule has 1 amide bonds. The van der Waals surface area contributed by atoms with Crippen molar-refractivity contribution in [3.05, 3.63) is 12.7 Å². The summed E-state index contributed by atoms with van der Waals surface area (Å²) in [5.41, 5.74) is -0.515. The van der Waals surface area contributed by atoms with Crippen molar-refractivity contribution in [2.45, 2.75) is 36.8 Å². The molecule has 0 aromatic heterocycles. The van der Waals surface area contributed by atoms with Crippen LogP contribution < -0.4 is 5.32 Å². The number of hydrogen-bond donors (Lipinski definition) is 2. The standard InChI is InChI=1S/C10H15NO3/c1-2-10-5-3-9(4-6-10,7-14-10)11-8(12)13/h2,11H,1,3-7H2,(H,12,13). The van der Waals surface area contributed by atoms with Gasteiger partial charge in [-0.1, -0.05) is 6.08 Å². The van der Waals surface area contributed by atoms with Crippen molar-refractivity contribution >= 4 is 6.09 Å². The van der Waals surface area contributed by atoms with Gasteiger partial charge in [-0.05, 0) is 25.7 Å². The largest absolute Gasteiger partial charge is 0.465 e. The summed E-state index contributed by atoms with van der Waals surface area (Å²) in [7, 11) is 0. The minimum Gasteiger partial charge on any atom is -0.465 e. The molecule has 0 spiro atoms. The highest BCUT2D eigenvalue weighted by Gasteiger charge is 2.49. The third kappa shape index (κ3) is 1.39. The van der Waals surface area contributed by atoms with Crippen molar-refractivity contribution in [3.63, 3.8) is 0 Å². The Balaban J connectivity index is 2.08. The van der Waals surface area contributed by atoms with Gasteiger partial charge in [-0.15, -0.1) is 6.58 Å². The third-order valence-electron chi connectivity index (χ3n) is 3.43. The molecule has 3 rings (SSSR count). The van der Waals surface area contributed by atoms with Crippen molar-refractivity contribution in [2.24, 2.45) is 0 Å². The second-order valence-corrected chi connectivity index (χ2v) is 4.27. The van der Waals surface area contributed by atoms with E-state index in [0.717, 1.165) is 25.7 Å². The summed E-state index contributed by atoms with van der Waals surface area (Å²) in [6.45, 7) is 4.25. The van der Waals surface area contributed by atoms with Crippen LogP contribution in [-0.4, -0.2) is 28.9 Å². The summed E-state index contributed by atoms with van der Waals surface area (Å²) in [6, 6.07) is 0. The van der Waals surface area contributed by atoms with Crippen LogP contribution in [0.1, 0.15) is 25.7 Å². The Morgan fingerprint density at radius 3 is 2.43 bits per heavy atom. The Morgan fingerprint density at radius 1 is 1.43 bits per heavy atom. The smallest absolute Gasteiger partial charge is 0.405 e. The van der Waals surface area contributed by atoms with Crippen LogP contribution in [0.15, 0.2) is 12.7 Å². The van der Waals surface area contributed by atoms with Crippen molar-refractivity contribution < 1.29 is 14.6 Å². The fraction of sp³-hybridized carbons (Fsp3) is 0.700. The molecule has 14 heavy (non-hydrogen) atoms. The first-order valence-corrected chi connectivity index (χ1v) is 4.89.